The molecule has 1 aromatic carbocycles. The molecule has 7 heteroatoms. The maximum Gasteiger partial charge on any atom is 0.253 e. The Morgan fingerprint density at radius 3 is 2.59 bits per heavy atom. The van der Waals surface area contributed by atoms with Crippen LogP contribution in [0.1, 0.15) is 42.1 Å². The first kappa shape index (κ1) is 19.5. The summed E-state index contributed by atoms with van der Waals surface area (Å²) in [4.78, 5) is 18.5. The molecular weight excluding hydrogens is 362 g/mol. The molecule has 1 aromatic heterocycles. The fourth-order valence-corrected chi connectivity index (χ4v) is 5.09. The number of carbonyl (C=O) groups excluding carboxylic acids is 1. The van der Waals surface area contributed by atoms with E-state index in [4.69, 9.17) is 0 Å². The second-order valence-corrected chi connectivity index (χ2v) is 8.90. The molecule has 6 nitrogen and oxygen atoms in total. The molecular formula is C20H25N3O3S. The van der Waals surface area contributed by atoms with E-state index in [1.54, 1.807) is 40.8 Å². The van der Waals surface area contributed by atoms with Gasteiger partial charge in [0.15, 0.2) is 0 Å². The number of rotatable bonds is 5. The van der Waals surface area contributed by atoms with Crippen molar-refractivity contribution in [1.29, 1.82) is 0 Å². The van der Waals surface area contributed by atoms with E-state index in [-0.39, 0.29) is 16.8 Å². The highest BCUT2D eigenvalue weighted by Crippen LogP contribution is 2.25. The van der Waals surface area contributed by atoms with E-state index in [1.807, 2.05) is 19.1 Å². The molecule has 2 heterocycles. The van der Waals surface area contributed by atoms with Gasteiger partial charge in [-0.2, -0.15) is 4.31 Å². The van der Waals surface area contributed by atoms with Crippen molar-refractivity contribution in [1.82, 2.24) is 14.2 Å². The Kier molecular flexibility index (Phi) is 5.92. The van der Waals surface area contributed by atoms with Crippen molar-refractivity contribution in [3.63, 3.8) is 0 Å². The molecule has 27 heavy (non-hydrogen) atoms. The average molecular weight is 388 g/mol. The normalized spacial score (nSPS) is 18.2. The van der Waals surface area contributed by atoms with Crippen LogP contribution in [0.2, 0.25) is 0 Å². The van der Waals surface area contributed by atoms with Crippen molar-refractivity contribution < 1.29 is 13.2 Å². The minimum absolute atomic E-state index is 0.00988. The molecule has 1 fully saturated rings. The Labute approximate surface area is 160 Å². The number of hydrogen-bond acceptors (Lipinski definition) is 4. The number of benzene rings is 1. The van der Waals surface area contributed by atoms with Crippen molar-refractivity contribution in [2.45, 2.75) is 43.7 Å². The molecule has 0 aliphatic carbocycles. The monoisotopic (exact) mass is 387 g/mol. The Hall–Kier alpha value is -2.25. The Bertz CT molecular complexity index is 882. The standard InChI is InChI=1S/C20H25N3O3S/c1-16-6-3-4-13-23(16)27(25,26)19-10-8-18(9-11-19)20(24)22(2)15-17-7-5-12-21-14-17/h5,7-12,14,16H,3-4,6,13,15H2,1-2H3. The number of pyridine rings is 1. The zero-order valence-corrected chi connectivity index (χ0v) is 16.5. The van der Waals surface area contributed by atoms with Crippen LogP contribution in [-0.4, -0.2) is 48.1 Å². The number of hydrogen-bond donors (Lipinski definition) is 0. The predicted octanol–water partition coefficient (Wildman–Crippen LogP) is 2.92. The number of aromatic nitrogens is 1. The third-order valence-corrected chi connectivity index (χ3v) is 6.97. The van der Waals surface area contributed by atoms with E-state index in [2.05, 4.69) is 4.98 Å². The SMILES string of the molecule is CC1CCCCN1S(=O)(=O)c1ccc(C(=O)N(C)Cc2cccnc2)cc1. The summed E-state index contributed by atoms with van der Waals surface area (Å²) in [7, 11) is -1.80. The summed E-state index contributed by atoms with van der Waals surface area (Å²) < 4.78 is 27.3. The molecule has 144 valence electrons. The van der Waals surface area contributed by atoms with Gasteiger partial charge in [0.05, 0.1) is 4.90 Å². The predicted molar refractivity (Wildman–Crippen MR) is 104 cm³/mol. The van der Waals surface area contributed by atoms with Crippen LogP contribution in [0.4, 0.5) is 0 Å². The lowest BCUT2D eigenvalue weighted by Gasteiger charge is -2.32. The fraction of sp³-hybridized carbons (Fsp3) is 0.400. The first-order valence-corrected chi connectivity index (χ1v) is 10.6. The smallest absolute Gasteiger partial charge is 0.253 e. The lowest BCUT2D eigenvalue weighted by atomic mass is 10.1. The third kappa shape index (κ3) is 4.36. The Morgan fingerprint density at radius 1 is 1.22 bits per heavy atom. The molecule has 2 aromatic rings. The van der Waals surface area contributed by atoms with Crippen LogP contribution in [0, 0.1) is 0 Å². The van der Waals surface area contributed by atoms with Crippen LogP contribution >= 0.6 is 0 Å². The van der Waals surface area contributed by atoms with Gasteiger partial charge in [-0.25, -0.2) is 8.42 Å². The summed E-state index contributed by atoms with van der Waals surface area (Å²) in [6.45, 7) is 2.94. The van der Waals surface area contributed by atoms with Gasteiger partial charge in [0.1, 0.15) is 0 Å². The highest BCUT2D eigenvalue weighted by atomic mass is 32.2. The van der Waals surface area contributed by atoms with Crippen LogP contribution in [0.3, 0.4) is 0 Å². The summed E-state index contributed by atoms with van der Waals surface area (Å²) in [6.07, 6.45) is 6.24. The van der Waals surface area contributed by atoms with Gasteiger partial charge in [-0.05, 0) is 55.7 Å². The number of sulfonamides is 1. The van der Waals surface area contributed by atoms with Crippen LogP contribution in [0.15, 0.2) is 53.7 Å². The van der Waals surface area contributed by atoms with Crippen molar-refractivity contribution in [2.75, 3.05) is 13.6 Å². The van der Waals surface area contributed by atoms with Crippen molar-refractivity contribution in [3.8, 4) is 0 Å². The molecule has 1 unspecified atom stereocenters. The summed E-state index contributed by atoms with van der Waals surface area (Å²) in [6, 6.07) is 9.98. The van der Waals surface area contributed by atoms with Crippen molar-refractivity contribution in [2.24, 2.45) is 0 Å². The van der Waals surface area contributed by atoms with Gasteiger partial charge in [0.2, 0.25) is 10.0 Å². The van der Waals surface area contributed by atoms with E-state index < -0.39 is 10.0 Å². The molecule has 0 radical (unpaired) electrons. The summed E-state index contributed by atoms with van der Waals surface area (Å²) in [5.74, 6) is -0.158. The van der Waals surface area contributed by atoms with Gasteiger partial charge >= 0.3 is 0 Å². The topological polar surface area (TPSA) is 70.6 Å². The van der Waals surface area contributed by atoms with E-state index in [0.29, 0.717) is 18.7 Å². The molecule has 1 amide bonds. The Morgan fingerprint density at radius 2 is 1.96 bits per heavy atom. The van der Waals surface area contributed by atoms with Crippen LogP contribution in [0.25, 0.3) is 0 Å². The van der Waals surface area contributed by atoms with E-state index in [9.17, 15) is 13.2 Å². The molecule has 1 atom stereocenters. The lowest BCUT2D eigenvalue weighted by Crippen LogP contribution is -2.41. The largest absolute Gasteiger partial charge is 0.337 e. The minimum Gasteiger partial charge on any atom is -0.337 e. The summed E-state index contributed by atoms with van der Waals surface area (Å²) >= 11 is 0. The maximum atomic E-state index is 12.9. The van der Waals surface area contributed by atoms with Gasteiger partial charge in [-0.3, -0.25) is 9.78 Å². The van der Waals surface area contributed by atoms with Crippen molar-refractivity contribution >= 4 is 15.9 Å². The van der Waals surface area contributed by atoms with Crippen LogP contribution in [-0.2, 0) is 16.6 Å². The highest BCUT2D eigenvalue weighted by molar-refractivity contribution is 7.89. The lowest BCUT2D eigenvalue weighted by molar-refractivity contribution is 0.0785. The number of amides is 1. The molecule has 0 N–H and O–H groups in total. The van der Waals surface area contributed by atoms with E-state index in [0.717, 1.165) is 24.8 Å². The molecule has 1 aliphatic heterocycles. The van der Waals surface area contributed by atoms with Gasteiger partial charge in [0.25, 0.3) is 5.91 Å². The summed E-state index contributed by atoms with van der Waals surface area (Å²) in [5.41, 5.74) is 1.40. The molecule has 0 spiro atoms. The number of carbonyl (C=O) groups is 1. The number of piperidine rings is 1. The first-order valence-electron chi connectivity index (χ1n) is 9.16. The van der Waals surface area contributed by atoms with Crippen molar-refractivity contribution in [3.05, 3.63) is 59.9 Å². The quantitative estimate of drug-likeness (QED) is 0.791. The molecule has 3 rings (SSSR count). The van der Waals surface area contributed by atoms with Gasteiger partial charge in [-0.1, -0.05) is 12.5 Å². The van der Waals surface area contributed by atoms with Crippen LogP contribution < -0.4 is 0 Å². The second-order valence-electron chi connectivity index (χ2n) is 7.01. The Balaban J connectivity index is 1.73. The first-order chi connectivity index (χ1) is 12.9. The highest BCUT2D eigenvalue weighted by Gasteiger charge is 2.31. The maximum absolute atomic E-state index is 12.9. The molecule has 0 bridgehead atoms. The zero-order valence-electron chi connectivity index (χ0n) is 15.7. The second kappa shape index (κ2) is 8.19. The average Bonchev–Trinajstić information content (AvgIpc) is 2.68. The fourth-order valence-electron chi connectivity index (χ4n) is 3.39. The van der Waals surface area contributed by atoms with Gasteiger partial charge in [0, 0.05) is 44.1 Å². The molecule has 1 aliphatic rings. The molecule has 1 saturated heterocycles. The third-order valence-electron chi connectivity index (χ3n) is 4.94. The zero-order chi connectivity index (χ0) is 19.4. The number of nitrogens with zero attached hydrogens (tertiary/aromatic N) is 3. The van der Waals surface area contributed by atoms with Crippen LogP contribution in [0.5, 0.6) is 0 Å². The van der Waals surface area contributed by atoms with E-state index >= 15 is 0 Å². The van der Waals surface area contributed by atoms with E-state index in [1.165, 1.54) is 12.1 Å². The minimum atomic E-state index is -3.52. The van der Waals surface area contributed by atoms with Gasteiger partial charge in [-0.15, -0.1) is 0 Å². The van der Waals surface area contributed by atoms with Gasteiger partial charge < -0.3 is 4.90 Å². The molecule has 0 saturated carbocycles. The summed E-state index contributed by atoms with van der Waals surface area (Å²) in [5, 5.41) is 0.